The van der Waals surface area contributed by atoms with Gasteiger partial charge in [0.2, 0.25) is 10.0 Å². The molecule has 0 N–H and O–H groups in total. The standard InChI is InChI=1S/C25H29F2N5O5S2/c1-4-37-25(34)30-10-12-31(13-11-30)39(35,36)19-7-5-17(6-8-19)23(33)32(14-9-29(2)3)24-28-22-20(27)15-18(26)16-21(22)38-24/h5-8,15-16H,4,9-14H2,1-3H3. The summed E-state index contributed by atoms with van der Waals surface area (Å²) in [7, 11) is -0.179. The van der Waals surface area contributed by atoms with Crippen LogP contribution < -0.4 is 4.90 Å². The van der Waals surface area contributed by atoms with E-state index in [1.165, 1.54) is 44.4 Å². The van der Waals surface area contributed by atoms with Gasteiger partial charge < -0.3 is 14.5 Å². The molecular formula is C25H29F2N5O5S2. The second-order valence-electron chi connectivity index (χ2n) is 9.11. The van der Waals surface area contributed by atoms with Crippen molar-refractivity contribution in [1.29, 1.82) is 0 Å². The van der Waals surface area contributed by atoms with Crippen molar-refractivity contribution < 1.29 is 31.5 Å². The Kier molecular flexibility index (Phi) is 8.79. The maximum atomic E-state index is 14.3. The van der Waals surface area contributed by atoms with Crippen LogP contribution in [-0.4, -0.2) is 99.5 Å². The van der Waals surface area contributed by atoms with E-state index in [-0.39, 0.29) is 65.1 Å². The molecule has 2 heterocycles. The molecule has 2 aromatic carbocycles. The van der Waals surface area contributed by atoms with Crippen LogP contribution in [0.2, 0.25) is 0 Å². The highest BCUT2D eigenvalue weighted by Crippen LogP contribution is 2.32. The van der Waals surface area contributed by atoms with E-state index in [0.717, 1.165) is 17.4 Å². The SMILES string of the molecule is CCOC(=O)N1CCN(S(=O)(=O)c2ccc(C(=O)N(CCN(C)C)c3nc4c(F)cc(F)cc4s3)cc2)CC1. The second kappa shape index (κ2) is 11.9. The van der Waals surface area contributed by atoms with Crippen molar-refractivity contribution in [2.45, 2.75) is 11.8 Å². The number of hydrogen-bond acceptors (Lipinski definition) is 8. The first-order chi connectivity index (χ1) is 18.5. The summed E-state index contributed by atoms with van der Waals surface area (Å²) in [4.78, 5) is 34.4. The molecule has 1 saturated heterocycles. The lowest BCUT2D eigenvalue weighted by atomic mass is 10.2. The van der Waals surface area contributed by atoms with Crippen molar-refractivity contribution in [2.24, 2.45) is 0 Å². The average molecular weight is 582 g/mol. The molecule has 4 rings (SSSR count). The van der Waals surface area contributed by atoms with Crippen molar-refractivity contribution in [3.63, 3.8) is 0 Å². The Morgan fingerprint density at radius 3 is 2.33 bits per heavy atom. The summed E-state index contributed by atoms with van der Waals surface area (Å²) < 4.78 is 60.9. The Morgan fingerprint density at radius 1 is 1.05 bits per heavy atom. The van der Waals surface area contributed by atoms with Gasteiger partial charge in [-0.2, -0.15) is 4.31 Å². The molecule has 0 bridgehead atoms. The van der Waals surface area contributed by atoms with Gasteiger partial charge in [0, 0.05) is 50.9 Å². The Bertz CT molecular complexity index is 1460. The minimum absolute atomic E-state index is 0.0148. The molecule has 0 radical (unpaired) electrons. The number of thiazole rings is 1. The Hall–Kier alpha value is -3.20. The Labute approximate surface area is 229 Å². The van der Waals surface area contributed by atoms with Crippen LogP contribution in [0, 0.1) is 11.6 Å². The van der Waals surface area contributed by atoms with E-state index in [1.54, 1.807) is 6.92 Å². The van der Waals surface area contributed by atoms with Gasteiger partial charge in [0.05, 0.1) is 16.2 Å². The number of sulfonamides is 1. The van der Waals surface area contributed by atoms with Gasteiger partial charge in [-0.05, 0) is 51.4 Å². The maximum absolute atomic E-state index is 14.3. The number of piperazine rings is 1. The van der Waals surface area contributed by atoms with E-state index < -0.39 is 33.7 Å². The minimum Gasteiger partial charge on any atom is -0.450 e. The quantitative estimate of drug-likeness (QED) is 0.402. The van der Waals surface area contributed by atoms with Gasteiger partial charge in [-0.15, -0.1) is 0 Å². The van der Waals surface area contributed by atoms with Crippen molar-refractivity contribution >= 4 is 48.7 Å². The number of carbonyl (C=O) groups is 2. The number of halogens is 2. The van der Waals surface area contributed by atoms with Crippen LogP contribution in [0.4, 0.5) is 18.7 Å². The number of amides is 2. The van der Waals surface area contributed by atoms with Crippen molar-refractivity contribution in [2.75, 3.05) is 64.9 Å². The van der Waals surface area contributed by atoms with Crippen LogP contribution in [0.3, 0.4) is 0 Å². The Balaban J connectivity index is 1.54. The highest BCUT2D eigenvalue weighted by Gasteiger charge is 2.31. The van der Waals surface area contributed by atoms with Gasteiger partial charge in [0.1, 0.15) is 11.3 Å². The lowest BCUT2D eigenvalue weighted by Gasteiger charge is -2.33. The smallest absolute Gasteiger partial charge is 0.409 e. The molecule has 39 heavy (non-hydrogen) atoms. The van der Waals surface area contributed by atoms with Gasteiger partial charge in [0.25, 0.3) is 5.91 Å². The van der Waals surface area contributed by atoms with E-state index in [1.807, 2.05) is 19.0 Å². The zero-order valence-electron chi connectivity index (χ0n) is 21.8. The molecule has 0 unspecified atom stereocenters. The number of fused-ring (bicyclic) bond motifs is 1. The molecule has 0 saturated carbocycles. The van der Waals surface area contributed by atoms with Crippen LogP contribution in [0.1, 0.15) is 17.3 Å². The summed E-state index contributed by atoms with van der Waals surface area (Å²) in [5, 5.41) is 0.206. The first kappa shape index (κ1) is 28.8. The van der Waals surface area contributed by atoms with E-state index in [9.17, 15) is 26.8 Å². The molecule has 0 spiro atoms. The number of rotatable bonds is 8. The van der Waals surface area contributed by atoms with Crippen LogP contribution in [0.15, 0.2) is 41.3 Å². The van der Waals surface area contributed by atoms with Gasteiger partial charge in [-0.3, -0.25) is 9.69 Å². The molecule has 10 nitrogen and oxygen atoms in total. The van der Waals surface area contributed by atoms with E-state index in [0.29, 0.717) is 6.54 Å². The van der Waals surface area contributed by atoms with Gasteiger partial charge in [-0.1, -0.05) is 11.3 Å². The third kappa shape index (κ3) is 6.35. The summed E-state index contributed by atoms with van der Waals surface area (Å²) in [5.74, 6) is -2.01. The lowest BCUT2D eigenvalue weighted by Crippen LogP contribution is -2.50. The molecule has 0 aliphatic carbocycles. The van der Waals surface area contributed by atoms with Crippen LogP contribution in [-0.2, 0) is 14.8 Å². The molecular weight excluding hydrogens is 552 g/mol. The van der Waals surface area contributed by atoms with Crippen LogP contribution in [0.25, 0.3) is 10.2 Å². The second-order valence-corrected chi connectivity index (χ2v) is 12.1. The molecule has 1 aliphatic heterocycles. The molecule has 2 amide bonds. The zero-order valence-corrected chi connectivity index (χ0v) is 23.4. The van der Waals surface area contributed by atoms with Gasteiger partial charge in [-0.25, -0.2) is 27.0 Å². The number of ether oxygens (including phenoxy) is 1. The third-order valence-electron chi connectivity index (χ3n) is 6.15. The lowest BCUT2D eigenvalue weighted by molar-refractivity contribution is 0.0933. The first-order valence-electron chi connectivity index (χ1n) is 12.3. The average Bonchev–Trinajstić information content (AvgIpc) is 3.33. The largest absolute Gasteiger partial charge is 0.450 e. The topological polar surface area (TPSA) is 103 Å². The molecule has 14 heteroatoms. The van der Waals surface area contributed by atoms with E-state index in [4.69, 9.17) is 4.74 Å². The predicted molar refractivity (Wildman–Crippen MR) is 144 cm³/mol. The number of anilines is 1. The number of benzene rings is 2. The summed E-state index contributed by atoms with van der Waals surface area (Å²) in [6.45, 7) is 3.30. The molecule has 1 fully saturated rings. The van der Waals surface area contributed by atoms with E-state index >= 15 is 0 Å². The highest BCUT2D eigenvalue weighted by molar-refractivity contribution is 7.89. The van der Waals surface area contributed by atoms with Gasteiger partial charge >= 0.3 is 6.09 Å². The Morgan fingerprint density at radius 2 is 1.72 bits per heavy atom. The van der Waals surface area contributed by atoms with Crippen LogP contribution in [0.5, 0.6) is 0 Å². The summed E-state index contributed by atoms with van der Waals surface area (Å²) in [5.41, 5.74) is 0.189. The number of hydrogen-bond donors (Lipinski definition) is 0. The molecule has 210 valence electrons. The number of nitrogens with zero attached hydrogens (tertiary/aromatic N) is 5. The van der Waals surface area contributed by atoms with E-state index in [2.05, 4.69) is 4.98 Å². The maximum Gasteiger partial charge on any atom is 0.409 e. The molecule has 1 aromatic heterocycles. The van der Waals surface area contributed by atoms with Crippen LogP contribution >= 0.6 is 11.3 Å². The fourth-order valence-electron chi connectivity index (χ4n) is 4.05. The fourth-order valence-corrected chi connectivity index (χ4v) is 6.50. The zero-order chi connectivity index (χ0) is 28.3. The van der Waals surface area contributed by atoms with Crippen molar-refractivity contribution in [3.8, 4) is 0 Å². The number of carbonyl (C=O) groups excluding carboxylic acids is 2. The normalized spacial score (nSPS) is 14.7. The molecule has 1 aliphatic rings. The van der Waals surface area contributed by atoms with Crippen molar-refractivity contribution in [1.82, 2.24) is 19.1 Å². The number of likely N-dealkylation sites (N-methyl/N-ethyl adjacent to an activating group) is 1. The highest BCUT2D eigenvalue weighted by atomic mass is 32.2. The van der Waals surface area contributed by atoms with Crippen molar-refractivity contribution in [3.05, 3.63) is 53.6 Å². The fraction of sp³-hybridized carbons (Fsp3) is 0.400. The summed E-state index contributed by atoms with van der Waals surface area (Å²) in [6.07, 6.45) is -0.475. The molecule has 0 atom stereocenters. The molecule has 3 aromatic rings. The minimum atomic E-state index is -3.85. The number of aromatic nitrogens is 1. The van der Waals surface area contributed by atoms with Gasteiger partial charge in [0.15, 0.2) is 10.9 Å². The summed E-state index contributed by atoms with van der Waals surface area (Å²) in [6, 6.07) is 7.46. The monoisotopic (exact) mass is 581 g/mol. The predicted octanol–water partition coefficient (Wildman–Crippen LogP) is 3.25. The first-order valence-corrected chi connectivity index (χ1v) is 14.5. The summed E-state index contributed by atoms with van der Waals surface area (Å²) >= 11 is 0.996. The third-order valence-corrected chi connectivity index (χ3v) is 9.09.